The number of pyridine rings is 1. The van der Waals surface area contributed by atoms with Gasteiger partial charge in [0.15, 0.2) is 5.75 Å². The number of hydrogen-bond acceptors (Lipinski definition) is 5. The number of phenolic OH excluding ortho intramolecular Hbond substituents is 1. The van der Waals surface area contributed by atoms with Crippen molar-refractivity contribution in [1.82, 2.24) is 10.3 Å². The second kappa shape index (κ2) is 6.07. The van der Waals surface area contributed by atoms with Crippen LogP contribution in [0.4, 0.5) is 11.5 Å². The zero-order chi connectivity index (χ0) is 15.6. The number of hydrogen-bond donors (Lipinski definition) is 4. The van der Waals surface area contributed by atoms with Crippen LogP contribution in [0.1, 0.15) is 15.9 Å². The Hall–Kier alpha value is -2.18. The van der Waals surface area contributed by atoms with Gasteiger partial charge in [-0.05, 0) is 23.8 Å². The van der Waals surface area contributed by atoms with Gasteiger partial charge in [0.1, 0.15) is 5.82 Å². The number of carbonyl (C=O) groups excluding carboxylic acids is 1. The summed E-state index contributed by atoms with van der Waals surface area (Å²) in [6.07, 6.45) is 1.53. The summed E-state index contributed by atoms with van der Waals surface area (Å²) in [5.41, 5.74) is 11.8. The molecule has 2 aromatic rings. The van der Waals surface area contributed by atoms with Gasteiger partial charge in [0.05, 0.1) is 21.3 Å². The molecule has 21 heavy (non-hydrogen) atoms. The van der Waals surface area contributed by atoms with Crippen molar-refractivity contribution in [2.45, 2.75) is 6.54 Å². The molecular formula is C13H12Cl2N4O2. The van der Waals surface area contributed by atoms with Crippen LogP contribution in [0.3, 0.4) is 0 Å². The minimum Gasteiger partial charge on any atom is -0.504 e. The van der Waals surface area contributed by atoms with Crippen molar-refractivity contribution in [2.24, 2.45) is 0 Å². The van der Waals surface area contributed by atoms with Gasteiger partial charge in [-0.3, -0.25) is 4.79 Å². The van der Waals surface area contributed by atoms with E-state index in [1.54, 1.807) is 12.1 Å². The van der Waals surface area contributed by atoms with E-state index in [9.17, 15) is 9.90 Å². The highest BCUT2D eigenvalue weighted by molar-refractivity contribution is 6.38. The quantitative estimate of drug-likeness (QED) is 0.510. The zero-order valence-electron chi connectivity index (χ0n) is 10.7. The maximum Gasteiger partial charge on any atom is 0.255 e. The number of anilines is 2. The van der Waals surface area contributed by atoms with Crippen LogP contribution < -0.4 is 16.8 Å². The molecule has 110 valence electrons. The fourth-order valence-electron chi connectivity index (χ4n) is 1.73. The Morgan fingerprint density at radius 3 is 2.67 bits per heavy atom. The number of amides is 1. The smallest absolute Gasteiger partial charge is 0.255 e. The van der Waals surface area contributed by atoms with Gasteiger partial charge in [0, 0.05) is 12.7 Å². The highest BCUT2D eigenvalue weighted by Gasteiger charge is 2.19. The summed E-state index contributed by atoms with van der Waals surface area (Å²) >= 11 is 11.7. The number of nitrogen functional groups attached to an aromatic ring is 2. The second-order valence-corrected chi connectivity index (χ2v) is 5.06. The molecule has 2 rings (SSSR count). The van der Waals surface area contributed by atoms with Crippen LogP contribution >= 0.6 is 23.2 Å². The number of nitrogens with two attached hydrogens (primary N) is 2. The SMILES string of the molecule is Nc1cc(CNC(=O)c2c(Cl)cc(Cl)c(O)c2N)ccn1. The molecule has 0 aliphatic carbocycles. The molecule has 8 heteroatoms. The van der Waals surface area contributed by atoms with Crippen molar-refractivity contribution in [3.63, 3.8) is 0 Å². The molecule has 0 radical (unpaired) electrons. The molecule has 0 aliphatic heterocycles. The number of carbonyl (C=O) groups is 1. The van der Waals surface area contributed by atoms with Crippen molar-refractivity contribution in [1.29, 1.82) is 0 Å². The van der Waals surface area contributed by atoms with Gasteiger partial charge in [0.25, 0.3) is 5.91 Å². The van der Waals surface area contributed by atoms with E-state index < -0.39 is 5.91 Å². The molecule has 1 amide bonds. The molecule has 1 aromatic carbocycles. The van der Waals surface area contributed by atoms with Crippen molar-refractivity contribution in [3.8, 4) is 5.75 Å². The van der Waals surface area contributed by atoms with Gasteiger partial charge in [-0.2, -0.15) is 0 Å². The Bertz CT molecular complexity index is 707. The van der Waals surface area contributed by atoms with Gasteiger partial charge < -0.3 is 21.9 Å². The maximum absolute atomic E-state index is 12.1. The van der Waals surface area contributed by atoms with Crippen LogP contribution in [-0.4, -0.2) is 16.0 Å². The third-order valence-corrected chi connectivity index (χ3v) is 3.35. The van der Waals surface area contributed by atoms with Crippen LogP contribution in [0.2, 0.25) is 10.0 Å². The van der Waals surface area contributed by atoms with Crippen molar-refractivity contribution in [3.05, 3.63) is 45.6 Å². The lowest BCUT2D eigenvalue weighted by Crippen LogP contribution is -2.24. The first kappa shape index (κ1) is 15.2. The second-order valence-electron chi connectivity index (χ2n) is 4.25. The molecule has 6 nitrogen and oxygen atoms in total. The summed E-state index contributed by atoms with van der Waals surface area (Å²) in [4.78, 5) is 16.0. The van der Waals surface area contributed by atoms with Gasteiger partial charge in [-0.25, -0.2) is 4.98 Å². The normalized spacial score (nSPS) is 10.4. The topological polar surface area (TPSA) is 114 Å². The molecule has 0 atom stereocenters. The van der Waals surface area contributed by atoms with E-state index in [2.05, 4.69) is 10.3 Å². The first-order valence-electron chi connectivity index (χ1n) is 5.85. The van der Waals surface area contributed by atoms with E-state index in [0.717, 1.165) is 5.56 Å². The van der Waals surface area contributed by atoms with E-state index >= 15 is 0 Å². The molecule has 0 spiro atoms. The first-order valence-corrected chi connectivity index (χ1v) is 6.60. The monoisotopic (exact) mass is 326 g/mol. The van der Waals surface area contributed by atoms with Crippen LogP contribution in [0.25, 0.3) is 0 Å². The van der Waals surface area contributed by atoms with Crippen LogP contribution in [-0.2, 0) is 6.54 Å². The third-order valence-electron chi connectivity index (χ3n) is 2.77. The number of aromatic hydroxyl groups is 1. The summed E-state index contributed by atoms with van der Waals surface area (Å²) in [5, 5.41) is 12.3. The lowest BCUT2D eigenvalue weighted by atomic mass is 10.1. The predicted molar refractivity (Wildman–Crippen MR) is 82.4 cm³/mol. The lowest BCUT2D eigenvalue weighted by molar-refractivity contribution is 0.0951. The van der Waals surface area contributed by atoms with E-state index in [1.807, 2.05) is 0 Å². The van der Waals surface area contributed by atoms with E-state index in [0.29, 0.717) is 5.82 Å². The lowest BCUT2D eigenvalue weighted by Gasteiger charge is -2.11. The Balaban J connectivity index is 2.20. The van der Waals surface area contributed by atoms with Gasteiger partial charge in [0.2, 0.25) is 0 Å². The molecule has 0 fully saturated rings. The van der Waals surface area contributed by atoms with E-state index in [4.69, 9.17) is 34.7 Å². The van der Waals surface area contributed by atoms with Crippen molar-refractivity contribution in [2.75, 3.05) is 11.5 Å². The largest absolute Gasteiger partial charge is 0.504 e. The fraction of sp³-hybridized carbons (Fsp3) is 0.0769. The first-order chi connectivity index (χ1) is 9.90. The predicted octanol–water partition coefficient (Wildman–Crippen LogP) is 2.19. The molecule has 1 aromatic heterocycles. The molecule has 0 aliphatic rings. The number of aromatic nitrogens is 1. The number of nitrogens with one attached hydrogen (secondary N) is 1. The summed E-state index contributed by atoms with van der Waals surface area (Å²) in [6.45, 7) is 0.213. The molecule has 0 saturated heterocycles. The third kappa shape index (κ3) is 3.29. The Morgan fingerprint density at radius 1 is 1.29 bits per heavy atom. The Morgan fingerprint density at radius 2 is 2.00 bits per heavy atom. The summed E-state index contributed by atoms with van der Waals surface area (Å²) in [6, 6.07) is 4.60. The van der Waals surface area contributed by atoms with E-state index in [-0.39, 0.29) is 33.6 Å². The van der Waals surface area contributed by atoms with Crippen molar-refractivity contribution < 1.29 is 9.90 Å². The molecule has 6 N–H and O–H groups in total. The maximum atomic E-state index is 12.1. The number of halogens is 2. The molecular weight excluding hydrogens is 315 g/mol. The van der Waals surface area contributed by atoms with Crippen molar-refractivity contribution >= 4 is 40.6 Å². The highest BCUT2D eigenvalue weighted by Crippen LogP contribution is 2.37. The summed E-state index contributed by atoms with van der Waals surface area (Å²) in [7, 11) is 0. The molecule has 0 saturated carbocycles. The average molecular weight is 327 g/mol. The number of benzene rings is 1. The van der Waals surface area contributed by atoms with Gasteiger partial charge in [-0.1, -0.05) is 23.2 Å². The standard InChI is InChI=1S/C13H12Cl2N4O2/c14-7-4-8(15)12(20)11(17)10(7)13(21)19-5-6-1-2-18-9(16)3-6/h1-4,20H,5,17H2,(H2,16,18)(H,19,21). The van der Waals surface area contributed by atoms with Crippen LogP contribution in [0, 0.1) is 0 Å². The molecule has 0 unspecified atom stereocenters. The van der Waals surface area contributed by atoms with Gasteiger partial charge in [-0.15, -0.1) is 0 Å². The summed E-state index contributed by atoms with van der Waals surface area (Å²) < 4.78 is 0. The van der Waals surface area contributed by atoms with Gasteiger partial charge >= 0.3 is 0 Å². The molecule has 1 heterocycles. The number of phenols is 1. The zero-order valence-corrected chi connectivity index (χ0v) is 12.2. The minimum atomic E-state index is -0.528. The number of nitrogens with zero attached hydrogens (tertiary/aromatic N) is 1. The van der Waals surface area contributed by atoms with E-state index in [1.165, 1.54) is 12.3 Å². The summed E-state index contributed by atoms with van der Waals surface area (Å²) in [5.74, 6) is -0.553. The van der Waals surface area contributed by atoms with Crippen LogP contribution in [0.5, 0.6) is 5.75 Å². The Kier molecular flexibility index (Phi) is 4.40. The van der Waals surface area contributed by atoms with Crippen LogP contribution in [0.15, 0.2) is 24.4 Å². The molecule has 0 bridgehead atoms. The highest BCUT2D eigenvalue weighted by atomic mass is 35.5. The average Bonchev–Trinajstić information content (AvgIpc) is 2.43. The Labute approximate surface area is 130 Å². The number of rotatable bonds is 3. The minimum absolute atomic E-state index is 0.0176. The fourth-order valence-corrected chi connectivity index (χ4v) is 2.30.